The molecule has 0 amide bonds. The summed E-state index contributed by atoms with van der Waals surface area (Å²) in [5.74, 6) is 0.269. The van der Waals surface area contributed by atoms with E-state index in [0.29, 0.717) is 11.6 Å². The Balaban J connectivity index is 0.000000791. The second-order valence-corrected chi connectivity index (χ2v) is 2.88. The second-order valence-electron chi connectivity index (χ2n) is 2.88. The molecule has 0 fully saturated rings. The number of halogens is 1. The summed E-state index contributed by atoms with van der Waals surface area (Å²) in [5.41, 5.74) is 0.453. The van der Waals surface area contributed by atoms with Gasteiger partial charge in [0.05, 0.1) is 12.8 Å². The van der Waals surface area contributed by atoms with E-state index >= 15 is 0 Å². The molecule has 80 valence electrons. The molecular formula is C11H18FNO. The summed E-state index contributed by atoms with van der Waals surface area (Å²) in [4.78, 5) is 3.99. The molecular weight excluding hydrogens is 181 g/mol. The molecule has 0 unspecified atom stereocenters. The number of pyridine rings is 1. The van der Waals surface area contributed by atoms with Gasteiger partial charge in [0.25, 0.3) is 0 Å². The third-order valence-electron chi connectivity index (χ3n) is 1.60. The highest BCUT2D eigenvalue weighted by molar-refractivity contribution is 5.19. The van der Waals surface area contributed by atoms with Gasteiger partial charge in [-0.05, 0) is 12.0 Å². The number of ether oxygens (including phenoxy) is 1. The maximum Gasteiger partial charge on any atom is 0.213 e. The molecule has 0 aromatic carbocycles. The second kappa shape index (κ2) is 6.35. The van der Waals surface area contributed by atoms with E-state index in [-0.39, 0.29) is 11.7 Å². The number of methoxy groups -OCH3 is 1. The van der Waals surface area contributed by atoms with Gasteiger partial charge >= 0.3 is 0 Å². The fraction of sp³-hybridized carbons (Fsp3) is 0.545. The standard InChI is InChI=1S/C9H12FNO.C2H6/c1-6(2)9-7(10)4-5-8(11-9)12-3;1-2/h4-6H,1-3H3;1-2H3. The van der Waals surface area contributed by atoms with Crippen molar-refractivity contribution >= 4 is 0 Å². The molecule has 2 nitrogen and oxygen atoms in total. The molecule has 0 aliphatic heterocycles. The summed E-state index contributed by atoms with van der Waals surface area (Å²) in [5, 5.41) is 0. The van der Waals surface area contributed by atoms with E-state index in [0.717, 1.165) is 0 Å². The number of rotatable bonds is 2. The first-order valence-electron chi connectivity index (χ1n) is 4.85. The molecule has 1 aromatic rings. The lowest BCUT2D eigenvalue weighted by atomic mass is 10.1. The lowest BCUT2D eigenvalue weighted by molar-refractivity contribution is 0.392. The Hall–Kier alpha value is -1.12. The Bertz CT molecular complexity index is 274. The van der Waals surface area contributed by atoms with Crippen LogP contribution in [0.15, 0.2) is 12.1 Å². The quantitative estimate of drug-likeness (QED) is 0.728. The minimum atomic E-state index is -0.272. The van der Waals surface area contributed by atoms with Crippen LogP contribution in [0, 0.1) is 5.82 Å². The molecule has 0 spiro atoms. The highest BCUT2D eigenvalue weighted by atomic mass is 19.1. The minimum Gasteiger partial charge on any atom is -0.481 e. The van der Waals surface area contributed by atoms with E-state index in [4.69, 9.17) is 4.74 Å². The van der Waals surface area contributed by atoms with Crippen LogP contribution < -0.4 is 4.74 Å². The predicted molar refractivity (Wildman–Crippen MR) is 56.2 cm³/mol. The zero-order valence-electron chi connectivity index (χ0n) is 9.47. The van der Waals surface area contributed by atoms with Gasteiger partial charge in [-0.25, -0.2) is 9.37 Å². The average Bonchev–Trinajstić information content (AvgIpc) is 2.21. The Morgan fingerprint density at radius 1 is 1.29 bits per heavy atom. The summed E-state index contributed by atoms with van der Waals surface area (Å²) in [6, 6.07) is 2.89. The number of hydrogen-bond donors (Lipinski definition) is 0. The summed E-state index contributed by atoms with van der Waals surface area (Å²) in [7, 11) is 1.52. The van der Waals surface area contributed by atoms with Gasteiger partial charge in [0.15, 0.2) is 0 Å². The van der Waals surface area contributed by atoms with E-state index in [1.807, 2.05) is 27.7 Å². The van der Waals surface area contributed by atoms with Crippen molar-refractivity contribution in [1.82, 2.24) is 4.98 Å². The highest BCUT2D eigenvalue weighted by Gasteiger charge is 2.08. The summed E-state index contributed by atoms with van der Waals surface area (Å²) >= 11 is 0. The molecule has 0 bridgehead atoms. The van der Waals surface area contributed by atoms with Crippen LogP contribution in [-0.2, 0) is 0 Å². The van der Waals surface area contributed by atoms with E-state index in [2.05, 4.69) is 4.98 Å². The molecule has 0 saturated heterocycles. The molecule has 0 aliphatic carbocycles. The van der Waals surface area contributed by atoms with Crippen LogP contribution in [0.3, 0.4) is 0 Å². The lowest BCUT2D eigenvalue weighted by Gasteiger charge is -2.06. The predicted octanol–water partition coefficient (Wildman–Crippen LogP) is 3.38. The average molecular weight is 199 g/mol. The van der Waals surface area contributed by atoms with Crippen molar-refractivity contribution in [3.63, 3.8) is 0 Å². The van der Waals surface area contributed by atoms with Crippen molar-refractivity contribution < 1.29 is 9.13 Å². The Kier molecular flexibility index (Phi) is 5.84. The van der Waals surface area contributed by atoms with Crippen molar-refractivity contribution in [2.75, 3.05) is 7.11 Å². The Labute approximate surface area is 85.1 Å². The van der Waals surface area contributed by atoms with Gasteiger partial charge in [0.2, 0.25) is 5.88 Å². The molecule has 0 N–H and O–H groups in total. The summed E-state index contributed by atoms with van der Waals surface area (Å²) in [6.45, 7) is 7.79. The van der Waals surface area contributed by atoms with Crippen molar-refractivity contribution in [2.45, 2.75) is 33.6 Å². The number of hydrogen-bond acceptors (Lipinski definition) is 2. The fourth-order valence-electron chi connectivity index (χ4n) is 0.958. The van der Waals surface area contributed by atoms with E-state index in [1.165, 1.54) is 19.2 Å². The number of nitrogens with zero attached hydrogens (tertiary/aromatic N) is 1. The highest BCUT2D eigenvalue weighted by Crippen LogP contribution is 2.18. The maximum absolute atomic E-state index is 13.0. The third kappa shape index (κ3) is 3.32. The van der Waals surface area contributed by atoms with Crippen molar-refractivity contribution in [2.24, 2.45) is 0 Å². The fourth-order valence-corrected chi connectivity index (χ4v) is 0.958. The van der Waals surface area contributed by atoms with Crippen molar-refractivity contribution in [1.29, 1.82) is 0 Å². The molecule has 1 aromatic heterocycles. The van der Waals surface area contributed by atoms with Gasteiger partial charge < -0.3 is 4.74 Å². The summed E-state index contributed by atoms with van der Waals surface area (Å²) in [6.07, 6.45) is 0. The molecule has 0 aliphatic rings. The third-order valence-corrected chi connectivity index (χ3v) is 1.60. The largest absolute Gasteiger partial charge is 0.481 e. The van der Waals surface area contributed by atoms with Crippen molar-refractivity contribution in [3.8, 4) is 5.88 Å². The monoisotopic (exact) mass is 199 g/mol. The minimum absolute atomic E-state index is 0.0834. The van der Waals surface area contributed by atoms with Gasteiger partial charge in [0.1, 0.15) is 5.82 Å². The molecule has 0 radical (unpaired) electrons. The SMILES string of the molecule is CC.COc1ccc(F)c(C(C)C)n1. The smallest absolute Gasteiger partial charge is 0.213 e. The van der Waals surface area contributed by atoms with Crippen molar-refractivity contribution in [3.05, 3.63) is 23.6 Å². The first kappa shape index (κ1) is 12.9. The molecule has 0 saturated carbocycles. The molecule has 3 heteroatoms. The van der Waals surface area contributed by atoms with Crippen LogP contribution in [0.2, 0.25) is 0 Å². The molecule has 1 heterocycles. The van der Waals surface area contributed by atoms with Crippen LogP contribution in [-0.4, -0.2) is 12.1 Å². The van der Waals surface area contributed by atoms with Gasteiger partial charge in [-0.3, -0.25) is 0 Å². The van der Waals surface area contributed by atoms with E-state index < -0.39 is 0 Å². The van der Waals surface area contributed by atoms with Crippen LogP contribution in [0.25, 0.3) is 0 Å². The van der Waals surface area contributed by atoms with E-state index in [1.54, 1.807) is 0 Å². The van der Waals surface area contributed by atoms with Crippen LogP contribution in [0.4, 0.5) is 4.39 Å². The van der Waals surface area contributed by atoms with Gasteiger partial charge in [-0.15, -0.1) is 0 Å². The van der Waals surface area contributed by atoms with Crippen LogP contribution >= 0.6 is 0 Å². The van der Waals surface area contributed by atoms with Gasteiger partial charge in [-0.1, -0.05) is 27.7 Å². The van der Waals surface area contributed by atoms with Gasteiger partial charge in [0, 0.05) is 6.07 Å². The number of aromatic nitrogens is 1. The normalized spacial score (nSPS) is 9.36. The molecule has 1 rings (SSSR count). The first-order chi connectivity index (χ1) is 6.65. The Morgan fingerprint density at radius 3 is 2.29 bits per heavy atom. The molecule has 0 atom stereocenters. The van der Waals surface area contributed by atoms with Crippen LogP contribution in [0.5, 0.6) is 5.88 Å². The first-order valence-corrected chi connectivity index (χ1v) is 4.85. The lowest BCUT2D eigenvalue weighted by Crippen LogP contribution is -1.99. The molecule has 14 heavy (non-hydrogen) atoms. The zero-order chi connectivity index (χ0) is 11.1. The Morgan fingerprint density at radius 2 is 1.86 bits per heavy atom. The van der Waals surface area contributed by atoms with E-state index in [9.17, 15) is 4.39 Å². The maximum atomic E-state index is 13.0. The summed E-state index contributed by atoms with van der Waals surface area (Å²) < 4.78 is 17.9. The van der Waals surface area contributed by atoms with Crippen LogP contribution in [0.1, 0.15) is 39.3 Å². The van der Waals surface area contributed by atoms with Gasteiger partial charge in [-0.2, -0.15) is 0 Å². The zero-order valence-corrected chi connectivity index (χ0v) is 9.47. The topological polar surface area (TPSA) is 22.1 Å².